The van der Waals surface area contributed by atoms with E-state index in [0.717, 1.165) is 30.3 Å². The van der Waals surface area contributed by atoms with E-state index < -0.39 is 0 Å². The Kier molecular flexibility index (Phi) is 4.93. The number of ether oxygens (including phenoxy) is 1. The van der Waals surface area contributed by atoms with Crippen molar-refractivity contribution in [3.63, 3.8) is 0 Å². The van der Waals surface area contributed by atoms with Gasteiger partial charge in [0, 0.05) is 24.6 Å². The predicted molar refractivity (Wildman–Crippen MR) is 91.0 cm³/mol. The van der Waals surface area contributed by atoms with Crippen molar-refractivity contribution in [3.05, 3.63) is 54.6 Å². The first-order valence-electron chi connectivity index (χ1n) is 8.21. The molecule has 0 spiro atoms. The van der Waals surface area contributed by atoms with Crippen LogP contribution in [-0.2, 0) is 4.79 Å². The minimum Gasteiger partial charge on any atom is -0.457 e. The fourth-order valence-electron chi connectivity index (χ4n) is 2.96. The fourth-order valence-corrected chi connectivity index (χ4v) is 2.96. The van der Waals surface area contributed by atoms with E-state index in [1.54, 1.807) is 0 Å². The molecule has 0 bridgehead atoms. The highest BCUT2D eigenvalue weighted by molar-refractivity contribution is 5.93. The van der Waals surface area contributed by atoms with Crippen molar-refractivity contribution in [1.82, 2.24) is 0 Å². The number of hydrogen-bond acceptors (Lipinski definition) is 2. The van der Waals surface area contributed by atoms with E-state index in [4.69, 9.17) is 4.74 Å². The molecule has 1 aliphatic rings. The minimum atomic E-state index is -0.0174. The number of hydrogen-bond donors (Lipinski definition) is 2. The Morgan fingerprint density at radius 3 is 2.48 bits per heavy atom. The second kappa shape index (κ2) is 7.29. The molecule has 23 heavy (non-hydrogen) atoms. The van der Waals surface area contributed by atoms with Crippen LogP contribution >= 0.6 is 0 Å². The quantitative estimate of drug-likeness (QED) is 0.891. The third-order valence-corrected chi connectivity index (χ3v) is 4.33. The van der Waals surface area contributed by atoms with Crippen LogP contribution < -0.4 is 15.0 Å². The van der Waals surface area contributed by atoms with E-state index in [0.29, 0.717) is 0 Å². The largest absolute Gasteiger partial charge is 0.457 e. The molecule has 4 nitrogen and oxygen atoms in total. The zero-order valence-electron chi connectivity index (χ0n) is 13.4. The Balaban J connectivity index is 1.64. The van der Waals surface area contributed by atoms with Crippen LogP contribution in [0.2, 0.25) is 0 Å². The summed E-state index contributed by atoms with van der Waals surface area (Å²) in [7, 11) is 0. The van der Waals surface area contributed by atoms with Crippen LogP contribution in [0.5, 0.6) is 11.5 Å². The number of nitrogens with one attached hydrogen (secondary N) is 2. The summed E-state index contributed by atoms with van der Waals surface area (Å²) >= 11 is 0. The topological polar surface area (TPSA) is 42.8 Å². The van der Waals surface area contributed by atoms with E-state index in [1.807, 2.05) is 61.5 Å². The van der Waals surface area contributed by atoms with Gasteiger partial charge in [-0.3, -0.25) is 4.79 Å². The number of carbonyl (C=O) groups excluding carboxylic acids is 1. The zero-order valence-corrected chi connectivity index (χ0v) is 13.4. The molecule has 0 radical (unpaired) electrons. The lowest BCUT2D eigenvalue weighted by atomic mass is 10.2. The molecule has 0 unspecified atom stereocenters. The van der Waals surface area contributed by atoms with Crippen molar-refractivity contribution in [1.29, 1.82) is 0 Å². The summed E-state index contributed by atoms with van der Waals surface area (Å²) < 4.78 is 5.80. The van der Waals surface area contributed by atoms with Crippen molar-refractivity contribution in [2.75, 3.05) is 18.4 Å². The molecule has 1 fully saturated rings. The first kappa shape index (κ1) is 15.6. The number of quaternary nitrogens is 1. The van der Waals surface area contributed by atoms with Gasteiger partial charge in [0.05, 0.1) is 13.1 Å². The van der Waals surface area contributed by atoms with Crippen LogP contribution in [0.15, 0.2) is 54.6 Å². The van der Waals surface area contributed by atoms with Crippen molar-refractivity contribution in [3.8, 4) is 11.5 Å². The molecule has 0 aliphatic carbocycles. The lowest BCUT2D eigenvalue weighted by Gasteiger charge is -2.20. The van der Waals surface area contributed by atoms with Gasteiger partial charge in [-0.25, -0.2) is 0 Å². The Morgan fingerprint density at radius 2 is 1.74 bits per heavy atom. The van der Waals surface area contributed by atoms with Crippen LogP contribution in [0.1, 0.15) is 19.8 Å². The summed E-state index contributed by atoms with van der Waals surface area (Å²) in [6, 6.07) is 17.1. The van der Waals surface area contributed by atoms with Crippen molar-refractivity contribution < 1.29 is 14.4 Å². The van der Waals surface area contributed by atoms with Crippen LogP contribution in [0.25, 0.3) is 0 Å². The van der Waals surface area contributed by atoms with E-state index >= 15 is 0 Å². The smallest absolute Gasteiger partial charge is 0.282 e. The third kappa shape index (κ3) is 4.11. The van der Waals surface area contributed by atoms with Crippen LogP contribution in [-0.4, -0.2) is 25.0 Å². The van der Waals surface area contributed by atoms with Gasteiger partial charge in [-0.1, -0.05) is 24.3 Å². The van der Waals surface area contributed by atoms with Gasteiger partial charge >= 0.3 is 0 Å². The van der Waals surface area contributed by atoms with E-state index in [2.05, 4.69) is 5.32 Å². The third-order valence-electron chi connectivity index (χ3n) is 4.33. The van der Waals surface area contributed by atoms with Gasteiger partial charge in [-0.05, 0) is 31.2 Å². The molecular formula is C19H23N2O2+. The normalized spacial score (nSPS) is 16.0. The molecule has 120 valence electrons. The summed E-state index contributed by atoms with van der Waals surface area (Å²) in [5, 5.41) is 3.00. The molecule has 1 aliphatic heterocycles. The highest BCUT2D eigenvalue weighted by Crippen LogP contribution is 2.23. The molecule has 1 heterocycles. The first-order valence-corrected chi connectivity index (χ1v) is 8.21. The molecule has 2 aromatic rings. The summed E-state index contributed by atoms with van der Waals surface area (Å²) in [4.78, 5) is 13.8. The fraction of sp³-hybridized carbons (Fsp3) is 0.316. The Labute approximate surface area is 137 Å². The van der Waals surface area contributed by atoms with E-state index in [-0.39, 0.29) is 11.9 Å². The molecule has 2 N–H and O–H groups in total. The summed E-state index contributed by atoms with van der Waals surface area (Å²) in [5.41, 5.74) is 0.772. The van der Waals surface area contributed by atoms with Gasteiger partial charge < -0.3 is 15.0 Å². The lowest BCUT2D eigenvalue weighted by Crippen LogP contribution is -3.14. The van der Waals surface area contributed by atoms with Crippen molar-refractivity contribution in [2.24, 2.45) is 0 Å². The standard InChI is InChI=1S/C19H22N2O2/c1-15(21-12-5-6-13-21)19(22)20-16-8-7-11-18(14-16)23-17-9-3-2-4-10-17/h2-4,7-11,14-15H,5-6,12-13H2,1H3,(H,20,22)/p+1/t15-/m1/s1. The van der Waals surface area contributed by atoms with Gasteiger partial charge in [-0.2, -0.15) is 0 Å². The summed E-state index contributed by atoms with van der Waals surface area (Å²) in [5.74, 6) is 1.57. The molecule has 1 atom stereocenters. The number of carbonyl (C=O) groups is 1. The SMILES string of the molecule is C[C@H](C(=O)Nc1cccc(Oc2ccccc2)c1)[NH+]1CCCC1. The van der Waals surface area contributed by atoms with Gasteiger partial charge in [0.25, 0.3) is 5.91 Å². The summed E-state index contributed by atoms with van der Waals surface area (Å²) in [6.07, 6.45) is 2.43. The van der Waals surface area contributed by atoms with Crippen LogP contribution in [0.4, 0.5) is 5.69 Å². The maximum absolute atomic E-state index is 12.4. The van der Waals surface area contributed by atoms with Gasteiger partial charge in [-0.15, -0.1) is 0 Å². The molecule has 0 aromatic heterocycles. The number of para-hydroxylation sites is 1. The van der Waals surface area contributed by atoms with E-state index in [1.165, 1.54) is 17.7 Å². The van der Waals surface area contributed by atoms with E-state index in [9.17, 15) is 4.79 Å². The molecule has 1 amide bonds. The van der Waals surface area contributed by atoms with Gasteiger partial charge in [0.15, 0.2) is 6.04 Å². The second-order valence-electron chi connectivity index (χ2n) is 6.02. The minimum absolute atomic E-state index is 0.0174. The van der Waals surface area contributed by atoms with Crippen molar-refractivity contribution >= 4 is 11.6 Å². The lowest BCUT2D eigenvalue weighted by molar-refractivity contribution is -0.901. The Bertz CT molecular complexity index is 651. The second-order valence-corrected chi connectivity index (χ2v) is 6.02. The number of benzene rings is 2. The maximum atomic E-state index is 12.4. The molecule has 1 saturated heterocycles. The van der Waals surface area contributed by atoms with Gasteiger partial charge in [0.2, 0.25) is 0 Å². The summed E-state index contributed by atoms with van der Waals surface area (Å²) in [6.45, 7) is 4.18. The van der Waals surface area contributed by atoms with Gasteiger partial charge in [0.1, 0.15) is 11.5 Å². The Hall–Kier alpha value is -2.33. The first-order chi connectivity index (χ1) is 11.2. The Morgan fingerprint density at radius 1 is 1.04 bits per heavy atom. The highest BCUT2D eigenvalue weighted by atomic mass is 16.5. The molecule has 4 heteroatoms. The monoisotopic (exact) mass is 311 g/mol. The molecular weight excluding hydrogens is 288 g/mol. The number of amides is 1. The molecule has 2 aromatic carbocycles. The molecule has 0 saturated carbocycles. The van der Waals surface area contributed by atoms with Crippen LogP contribution in [0, 0.1) is 0 Å². The number of rotatable bonds is 5. The highest BCUT2D eigenvalue weighted by Gasteiger charge is 2.27. The predicted octanol–water partition coefficient (Wildman–Crippen LogP) is 2.48. The average molecular weight is 311 g/mol. The maximum Gasteiger partial charge on any atom is 0.282 e. The number of likely N-dealkylation sites (tertiary alicyclic amines) is 1. The molecule has 3 rings (SSSR count). The van der Waals surface area contributed by atoms with Crippen molar-refractivity contribution in [2.45, 2.75) is 25.8 Å². The van der Waals surface area contributed by atoms with Crippen LogP contribution in [0.3, 0.4) is 0 Å². The average Bonchev–Trinajstić information content (AvgIpc) is 3.10. The zero-order chi connectivity index (χ0) is 16.1. The number of anilines is 1.